The van der Waals surface area contributed by atoms with E-state index >= 15 is 0 Å². The average molecular weight is 559 g/mol. The molecule has 0 saturated heterocycles. The normalized spacial score (nSPS) is 10.5. The molecule has 31 heavy (non-hydrogen) atoms. The Morgan fingerprint density at radius 3 is 2.16 bits per heavy atom. The molecule has 4 aromatic rings. The Kier molecular flexibility index (Phi) is 13.0. The standard InChI is InChI=1S/C13H9.C9H7.C3H9Si2.CH3.2ClH.Zr/c1-3-7-12-10(5-1)9-11-6-2-4-8-13(11)12;1-2-5-9-7-3-6-8(9)4-1;1-5(2,3)4;;;;/h1-5,7-8H,9H2;1-7H;1-3H3;1H3;2*1H;/q2*-1;;-1;;;+2/p-2. The molecule has 161 valence electrons. The third-order valence-corrected chi connectivity index (χ3v) is 4.16. The van der Waals surface area contributed by atoms with Crippen LogP contribution in [0.25, 0.3) is 21.9 Å². The molecule has 1 aliphatic carbocycles. The van der Waals surface area contributed by atoms with E-state index in [1.165, 1.54) is 33.0 Å². The second-order valence-electron chi connectivity index (χ2n) is 7.87. The van der Waals surface area contributed by atoms with Gasteiger partial charge >= 0.3 is 37.9 Å². The van der Waals surface area contributed by atoms with E-state index in [0.717, 1.165) is 6.42 Å². The molecule has 0 fully saturated rings. The molecule has 1 aliphatic rings. The van der Waals surface area contributed by atoms with Gasteiger partial charge in [0, 0.05) is 17.4 Å². The predicted octanol–water partition coefficient (Wildman–Crippen LogP) is 8.43. The fourth-order valence-electron chi connectivity index (χ4n) is 3.07. The van der Waals surface area contributed by atoms with Crippen LogP contribution in [0, 0.1) is 13.5 Å². The van der Waals surface area contributed by atoms with Crippen molar-refractivity contribution in [2.45, 2.75) is 26.1 Å². The van der Waals surface area contributed by atoms with Gasteiger partial charge in [0.1, 0.15) is 0 Å². The van der Waals surface area contributed by atoms with Gasteiger partial charge in [0.25, 0.3) is 0 Å². The van der Waals surface area contributed by atoms with E-state index in [0.29, 0.717) is 0 Å². The van der Waals surface area contributed by atoms with Crippen molar-refractivity contribution in [3.05, 3.63) is 110 Å². The summed E-state index contributed by atoms with van der Waals surface area (Å²) in [5, 5.41) is 2.66. The van der Waals surface area contributed by atoms with Crippen molar-refractivity contribution >= 4 is 45.1 Å². The molecule has 0 spiro atoms. The van der Waals surface area contributed by atoms with Crippen molar-refractivity contribution in [3.63, 3.8) is 0 Å². The summed E-state index contributed by atoms with van der Waals surface area (Å²) in [6, 6.07) is 32.8. The van der Waals surface area contributed by atoms with Crippen molar-refractivity contribution in [2.24, 2.45) is 0 Å². The molecule has 0 heterocycles. The van der Waals surface area contributed by atoms with Crippen molar-refractivity contribution in [1.29, 1.82) is 0 Å². The van der Waals surface area contributed by atoms with E-state index in [9.17, 15) is 0 Å². The Balaban J connectivity index is 0.000000235. The van der Waals surface area contributed by atoms with Crippen molar-refractivity contribution in [2.75, 3.05) is 0 Å². The maximum Gasteiger partial charge on any atom is -0.0253 e. The molecule has 0 bridgehead atoms. The Morgan fingerprint density at radius 2 is 1.48 bits per heavy atom. The summed E-state index contributed by atoms with van der Waals surface area (Å²) in [7, 11) is 12.6. The molecule has 5 rings (SSSR count). The zero-order valence-corrected chi connectivity index (χ0v) is 24.5. The molecule has 0 nitrogen and oxygen atoms in total. The monoisotopic (exact) mass is 556 g/mol. The fourth-order valence-corrected chi connectivity index (χ4v) is 3.07. The van der Waals surface area contributed by atoms with Crippen LogP contribution in [0.4, 0.5) is 0 Å². The largest absolute Gasteiger partial charge is 0.179 e. The van der Waals surface area contributed by atoms with E-state index in [1.807, 2.05) is 6.07 Å². The third kappa shape index (κ3) is 10.1. The predicted molar refractivity (Wildman–Crippen MR) is 140 cm³/mol. The zero-order chi connectivity index (χ0) is 22.0. The van der Waals surface area contributed by atoms with Gasteiger partial charge in [-0.1, -0.05) is 61.1 Å². The number of rotatable bonds is 0. The van der Waals surface area contributed by atoms with Crippen LogP contribution in [0.3, 0.4) is 0 Å². The summed E-state index contributed by atoms with van der Waals surface area (Å²) < 4.78 is 0. The van der Waals surface area contributed by atoms with Gasteiger partial charge in [0.2, 0.25) is 0 Å². The molecule has 0 amide bonds. The Bertz CT molecular complexity index is 959. The van der Waals surface area contributed by atoms with Gasteiger partial charge in [-0.3, -0.25) is 0 Å². The van der Waals surface area contributed by atoms with Crippen LogP contribution in [-0.2, 0) is 27.3 Å². The van der Waals surface area contributed by atoms with E-state index < -0.39 is 28.4 Å². The van der Waals surface area contributed by atoms with Crippen LogP contribution in [0.15, 0.2) is 84.9 Å². The van der Waals surface area contributed by atoms with Gasteiger partial charge < -0.3 is 7.43 Å². The molecular formula is C26H28Cl2Si2Zr-3. The topological polar surface area (TPSA) is 0 Å². The maximum absolute atomic E-state index is 4.93. The van der Waals surface area contributed by atoms with Gasteiger partial charge in [-0.25, -0.2) is 0 Å². The van der Waals surface area contributed by atoms with Crippen molar-refractivity contribution in [3.8, 4) is 11.1 Å². The van der Waals surface area contributed by atoms with E-state index in [1.54, 1.807) is 0 Å². The molecule has 4 aromatic carbocycles. The van der Waals surface area contributed by atoms with Crippen LogP contribution in [0.5, 0.6) is 0 Å². The first-order chi connectivity index (χ1) is 14.3. The van der Waals surface area contributed by atoms with Crippen LogP contribution >= 0.6 is 17.0 Å². The van der Waals surface area contributed by atoms with Crippen molar-refractivity contribution < 1.29 is 20.8 Å². The second kappa shape index (κ2) is 14.3. The Hall–Kier alpha value is -0.833. The molecule has 0 aromatic heterocycles. The average Bonchev–Trinajstić information content (AvgIpc) is 3.32. The minimum atomic E-state index is -0.826. The first-order valence-electron chi connectivity index (χ1n) is 9.73. The van der Waals surface area contributed by atoms with Gasteiger partial charge in [0.15, 0.2) is 0 Å². The van der Waals surface area contributed by atoms with Gasteiger partial charge in [-0.2, -0.15) is 47.3 Å². The number of fused-ring (bicyclic) bond motifs is 4. The van der Waals surface area contributed by atoms with E-state index in [2.05, 4.69) is 114 Å². The molecule has 0 aliphatic heterocycles. The van der Waals surface area contributed by atoms with E-state index in [4.69, 9.17) is 17.0 Å². The minimum absolute atomic E-state index is 0. The molecule has 5 heteroatoms. The third-order valence-electron chi connectivity index (χ3n) is 4.16. The smallest absolute Gasteiger partial charge is 0.0253 e. The first kappa shape index (κ1) is 28.2. The Morgan fingerprint density at radius 1 is 0.903 bits per heavy atom. The summed E-state index contributed by atoms with van der Waals surface area (Å²) in [5.41, 5.74) is 5.51. The summed E-state index contributed by atoms with van der Waals surface area (Å²) >= 11 is -0.826. The van der Waals surface area contributed by atoms with Crippen LogP contribution in [0.1, 0.15) is 11.1 Å². The SMILES string of the molecule is C[Si](C)(C)[Si].[CH3-].[Cl][Zr][Cl].[c-]1cccc2c1Cc1ccccc1-2.c1ccc2[cH-]ccc2c1. The van der Waals surface area contributed by atoms with Crippen LogP contribution < -0.4 is 0 Å². The molecule has 0 unspecified atom stereocenters. The molecule has 0 saturated carbocycles. The first-order valence-corrected chi connectivity index (χ1v) is 21.1. The summed E-state index contributed by atoms with van der Waals surface area (Å²) in [4.78, 5) is 0. The minimum Gasteiger partial charge on any atom is -0.179 e. The molecular weight excluding hydrogens is 531 g/mol. The van der Waals surface area contributed by atoms with Gasteiger partial charge in [-0.15, -0.1) is 35.2 Å². The molecule has 0 atom stereocenters. The maximum atomic E-state index is 4.93. The summed E-state index contributed by atoms with van der Waals surface area (Å²) in [6.45, 7) is 6.72. The number of hydrogen-bond donors (Lipinski definition) is 0. The number of hydrogen-bond acceptors (Lipinski definition) is 0. The van der Waals surface area contributed by atoms with Gasteiger partial charge in [0.05, 0.1) is 0 Å². The molecule has 0 N–H and O–H groups in total. The zero-order valence-electron chi connectivity index (χ0n) is 18.5. The van der Waals surface area contributed by atoms with Gasteiger partial charge in [-0.05, 0) is 6.42 Å². The Labute approximate surface area is 211 Å². The second-order valence-corrected chi connectivity index (χ2v) is 20.6. The summed E-state index contributed by atoms with van der Waals surface area (Å²) in [5.74, 6) is 0. The van der Waals surface area contributed by atoms with Crippen molar-refractivity contribution in [1.82, 2.24) is 0 Å². The number of halogens is 2. The fraction of sp³-hybridized carbons (Fsp3) is 0.154. The van der Waals surface area contributed by atoms with Crippen LogP contribution in [-0.4, -0.2) is 17.4 Å². The summed E-state index contributed by atoms with van der Waals surface area (Å²) in [6.07, 6.45) is 1.05. The van der Waals surface area contributed by atoms with Crippen LogP contribution in [0.2, 0.25) is 19.6 Å². The quantitative estimate of drug-likeness (QED) is 0.132. The number of benzene rings is 3. The molecule has 3 radical (unpaired) electrons. The van der Waals surface area contributed by atoms with E-state index in [-0.39, 0.29) is 7.43 Å².